The van der Waals surface area contributed by atoms with Crippen LogP contribution in [0.1, 0.15) is 0 Å². The van der Waals surface area contributed by atoms with Crippen LogP contribution in [0.5, 0.6) is 0 Å². The fourth-order valence-corrected chi connectivity index (χ4v) is 1.00. The molecule has 0 saturated carbocycles. The lowest BCUT2D eigenvalue weighted by Crippen LogP contribution is -2.27. The largest absolute Gasteiger partial charge is 0.478 e. The standard InChI is InChI=1S/C9H10O4/c10-7-3-1-2-6(9(7)13)4-5-8(11)12/h1-5,7,9-10,13H,(H,11,12)/t7-,9+/m1/s1. The van der Waals surface area contributed by atoms with Gasteiger partial charge < -0.3 is 15.3 Å². The van der Waals surface area contributed by atoms with Gasteiger partial charge in [-0.05, 0) is 11.6 Å². The van der Waals surface area contributed by atoms with E-state index in [-0.39, 0.29) is 0 Å². The molecule has 4 heteroatoms. The van der Waals surface area contributed by atoms with Crippen LogP contribution >= 0.6 is 0 Å². The molecule has 1 aliphatic rings. The SMILES string of the molecule is O=C(O)C=CC1=CC=C[C@@H](O)[C@H]1O. The molecular weight excluding hydrogens is 172 g/mol. The van der Waals surface area contributed by atoms with Crippen molar-refractivity contribution in [3.63, 3.8) is 0 Å². The molecule has 1 aliphatic carbocycles. The Labute approximate surface area is 75.1 Å². The summed E-state index contributed by atoms with van der Waals surface area (Å²) in [5, 5.41) is 26.8. The summed E-state index contributed by atoms with van der Waals surface area (Å²) in [6, 6.07) is 0. The van der Waals surface area contributed by atoms with Crippen LogP contribution in [-0.4, -0.2) is 33.5 Å². The molecule has 0 saturated heterocycles. The van der Waals surface area contributed by atoms with Gasteiger partial charge in [-0.15, -0.1) is 0 Å². The molecule has 0 amide bonds. The number of aliphatic hydroxyl groups is 2. The molecule has 3 N–H and O–H groups in total. The Morgan fingerprint density at radius 1 is 1.46 bits per heavy atom. The highest BCUT2D eigenvalue weighted by atomic mass is 16.4. The van der Waals surface area contributed by atoms with E-state index in [9.17, 15) is 9.90 Å². The third-order valence-corrected chi connectivity index (χ3v) is 1.68. The topological polar surface area (TPSA) is 77.8 Å². The average Bonchev–Trinajstić information content (AvgIpc) is 2.07. The maximum absolute atomic E-state index is 10.2. The molecule has 0 spiro atoms. The second-order valence-corrected chi connectivity index (χ2v) is 2.66. The molecule has 0 bridgehead atoms. The van der Waals surface area contributed by atoms with E-state index >= 15 is 0 Å². The van der Waals surface area contributed by atoms with Gasteiger partial charge in [0.15, 0.2) is 0 Å². The average molecular weight is 182 g/mol. The van der Waals surface area contributed by atoms with Crippen molar-refractivity contribution in [2.75, 3.05) is 0 Å². The summed E-state index contributed by atoms with van der Waals surface area (Å²) in [6.45, 7) is 0. The first kappa shape index (κ1) is 9.70. The number of carboxylic acids is 1. The maximum Gasteiger partial charge on any atom is 0.328 e. The van der Waals surface area contributed by atoms with Crippen LogP contribution in [-0.2, 0) is 4.79 Å². The normalized spacial score (nSPS) is 27.7. The number of allylic oxidation sites excluding steroid dienone is 2. The summed E-state index contributed by atoms with van der Waals surface area (Å²) < 4.78 is 0. The van der Waals surface area contributed by atoms with Crippen LogP contribution in [0, 0.1) is 0 Å². The highest BCUT2D eigenvalue weighted by Gasteiger charge is 2.18. The third-order valence-electron chi connectivity index (χ3n) is 1.68. The maximum atomic E-state index is 10.2. The Balaban J connectivity index is 2.74. The van der Waals surface area contributed by atoms with Gasteiger partial charge in [-0.25, -0.2) is 4.79 Å². The molecule has 0 aromatic heterocycles. The van der Waals surface area contributed by atoms with Crippen LogP contribution in [0.2, 0.25) is 0 Å². The smallest absolute Gasteiger partial charge is 0.328 e. The van der Waals surface area contributed by atoms with Crippen molar-refractivity contribution in [1.29, 1.82) is 0 Å². The Morgan fingerprint density at radius 2 is 2.15 bits per heavy atom. The first-order valence-electron chi connectivity index (χ1n) is 3.77. The molecule has 70 valence electrons. The highest BCUT2D eigenvalue weighted by molar-refractivity contribution is 5.80. The van der Waals surface area contributed by atoms with E-state index in [1.54, 1.807) is 12.2 Å². The molecule has 0 unspecified atom stereocenters. The van der Waals surface area contributed by atoms with Crippen molar-refractivity contribution >= 4 is 5.97 Å². The van der Waals surface area contributed by atoms with E-state index in [1.807, 2.05) is 0 Å². The van der Waals surface area contributed by atoms with Gasteiger partial charge in [-0.3, -0.25) is 0 Å². The zero-order valence-electron chi connectivity index (χ0n) is 6.79. The van der Waals surface area contributed by atoms with Crippen molar-refractivity contribution in [2.45, 2.75) is 12.2 Å². The van der Waals surface area contributed by atoms with Crippen molar-refractivity contribution in [1.82, 2.24) is 0 Å². The van der Waals surface area contributed by atoms with Gasteiger partial charge in [0.25, 0.3) is 0 Å². The fraction of sp³-hybridized carbons (Fsp3) is 0.222. The number of rotatable bonds is 2. The zero-order valence-corrected chi connectivity index (χ0v) is 6.79. The number of hydrogen-bond acceptors (Lipinski definition) is 3. The molecule has 0 aromatic rings. The first-order chi connectivity index (χ1) is 6.11. The van der Waals surface area contributed by atoms with Crippen molar-refractivity contribution in [3.8, 4) is 0 Å². The first-order valence-corrected chi connectivity index (χ1v) is 3.77. The van der Waals surface area contributed by atoms with Gasteiger partial charge >= 0.3 is 5.97 Å². The second kappa shape index (κ2) is 4.02. The lowest BCUT2D eigenvalue weighted by atomic mass is 9.99. The summed E-state index contributed by atoms with van der Waals surface area (Å²) in [6.07, 6.45) is 4.73. The number of hydrogen-bond donors (Lipinski definition) is 3. The molecular formula is C9H10O4. The van der Waals surface area contributed by atoms with Gasteiger partial charge in [0.2, 0.25) is 0 Å². The second-order valence-electron chi connectivity index (χ2n) is 2.66. The summed E-state index contributed by atoms with van der Waals surface area (Å²) in [5.41, 5.74) is 0.386. The van der Waals surface area contributed by atoms with Gasteiger partial charge in [0.05, 0.1) is 0 Å². The van der Waals surface area contributed by atoms with E-state index in [0.717, 1.165) is 6.08 Å². The molecule has 1 rings (SSSR count). The van der Waals surface area contributed by atoms with Gasteiger partial charge in [-0.2, -0.15) is 0 Å². The van der Waals surface area contributed by atoms with E-state index < -0.39 is 18.2 Å². The van der Waals surface area contributed by atoms with E-state index in [1.165, 1.54) is 12.2 Å². The van der Waals surface area contributed by atoms with Crippen LogP contribution in [0.25, 0.3) is 0 Å². The summed E-state index contributed by atoms with van der Waals surface area (Å²) >= 11 is 0. The lowest BCUT2D eigenvalue weighted by Gasteiger charge is -2.18. The molecule has 0 radical (unpaired) electrons. The summed E-state index contributed by atoms with van der Waals surface area (Å²) in [5.74, 6) is -1.09. The lowest BCUT2D eigenvalue weighted by molar-refractivity contribution is -0.131. The van der Waals surface area contributed by atoms with Crippen LogP contribution in [0.4, 0.5) is 0 Å². The van der Waals surface area contributed by atoms with Gasteiger partial charge in [0, 0.05) is 6.08 Å². The minimum Gasteiger partial charge on any atom is -0.478 e. The quantitative estimate of drug-likeness (QED) is 0.519. The molecule has 0 aromatic carbocycles. The summed E-state index contributed by atoms with van der Waals surface area (Å²) in [4.78, 5) is 10.2. The molecule has 0 heterocycles. The fourth-order valence-electron chi connectivity index (χ4n) is 1.00. The minimum atomic E-state index is -1.09. The number of carbonyl (C=O) groups is 1. The minimum absolute atomic E-state index is 0.386. The van der Waals surface area contributed by atoms with Gasteiger partial charge in [0.1, 0.15) is 12.2 Å². The Hall–Kier alpha value is -1.39. The molecule has 13 heavy (non-hydrogen) atoms. The van der Waals surface area contributed by atoms with Gasteiger partial charge in [-0.1, -0.05) is 18.2 Å². The highest BCUT2D eigenvalue weighted by Crippen LogP contribution is 2.14. The number of aliphatic hydroxyl groups excluding tert-OH is 2. The van der Waals surface area contributed by atoms with E-state index in [4.69, 9.17) is 10.2 Å². The Morgan fingerprint density at radius 3 is 2.77 bits per heavy atom. The van der Waals surface area contributed by atoms with E-state index in [0.29, 0.717) is 5.57 Å². The molecule has 0 fully saturated rings. The monoisotopic (exact) mass is 182 g/mol. The van der Waals surface area contributed by atoms with Crippen molar-refractivity contribution < 1.29 is 20.1 Å². The zero-order chi connectivity index (χ0) is 9.84. The summed E-state index contributed by atoms with van der Waals surface area (Å²) in [7, 11) is 0. The van der Waals surface area contributed by atoms with Crippen molar-refractivity contribution in [3.05, 3.63) is 36.0 Å². The van der Waals surface area contributed by atoms with E-state index in [2.05, 4.69) is 0 Å². The molecule has 4 nitrogen and oxygen atoms in total. The van der Waals surface area contributed by atoms with Crippen LogP contribution in [0.15, 0.2) is 36.0 Å². The molecule has 0 aliphatic heterocycles. The number of aliphatic carboxylic acids is 1. The van der Waals surface area contributed by atoms with Crippen LogP contribution < -0.4 is 0 Å². The Kier molecular flexibility index (Phi) is 3.00. The molecule has 2 atom stereocenters. The third kappa shape index (κ3) is 2.54. The van der Waals surface area contributed by atoms with Crippen LogP contribution in [0.3, 0.4) is 0 Å². The van der Waals surface area contributed by atoms with Crippen molar-refractivity contribution in [2.24, 2.45) is 0 Å². The predicted octanol–water partition coefficient (Wildman–Crippen LogP) is -0.155. The Bertz CT molecular complexity index is 288. The predicted molar refractivity (Wildman–Crippen MR) is 46.0 cm³/mol. The number of carboxylic acid groups (broad SMARTS) is 1.